The lowest BCUT2D eigenvalue weighted by atomic mass is 10.1. The highest BCUT2D eigenvalue weighted by Crippen LogP contribution is 2.18. The molecule has 0 aromatic carbocycles. The molecule has 104 valence electrons. The van der Waals surface area contributed by atoms with Crippen molar-refractivity contribution >= 4 is 23.5 Å². The number of halogens is 2. The Morgan fingerprint density at radius 2 is 2.21 bits per heavy atom. The lowest BCUT2D eigenvalue weighted by Crippen LogP contribution is -2.39. The molecule has 0 spiro atoms. The minimum Gasteiger partial charge on any atom is -0.481 e. The third kappa shape index (κ3) is 3.89. The molecule has 5 nitrogen and oxygen atoms in total. The number of carbonyl (C=O) groups is 2. The van der Waals surface area contributed by atoms with E-state index in [0.717, 1.165) is 12.3 Å². The van der Waals surface area contributed by atoms with Gasteiger partial charge in [-0.2, -0.15) is 0 Å². The van der Waals surface area contributed by atoms with Gasteiger partial charge in [0, 0.05) is 12.6 Å². The van der Waals surface area contributed by atoms with Crippen molar-refractivity contribution in [2.75, 3.05) is 6.54 Å². The Balaban J connectivity index is 3.01. The smallest absolute Gasteiger partial charge is 0.305 e. The summed E-state index contributed by atoms with van der Waals surface area (Å²) >= 11 is 5.76. The molecule has 0 radical (unpaired) electrons. The van der Waals surface area contributed by atoms with Gasteiger partial charge in [-0.25, -0.2) is 9.37 Å². The third-order valence-corrected chi connectivity index (χ3v) is 2.94. The maximum atomic E-state index is 13.1. The number of aromatic nitrogens is 1. The van der Waals surface area contributed by atoms with Crippen molar-refractivity contribution in [2.45, 2.75) is 26.3 Å². The van der Waals surface area contributed by atoms with Crippen LogP contribution in [0.3, 0.4) is 0 Å². The molecule has 1 atom stereocenters. The molecule has 1 N–H and O–H groups in total. The average Bonchev–Trinajstić information content (AvgIpc) is 2.32. The van der Waals surface area contributed by atoms with Crippen LogP contribution in [0.1, 0.15) is 30.6 Å². The van der Waals surface area contributed by atoms with Crippen molar-refractivity contribution in [3.05, 3.63) is 28.8 Å². The van der Waals surface area contributed by atoms with Crippen molar-refractivity contribution in [2.24, 2.45) is 0 Å². The largest absolute Gasteiger partial charge is 0.481 e. The molecule has 1 aromatic rings. The number of hydrogen-bond acceptors (Lipinski definition) is 3. The van der Waals surface area contributed by atoms with Crippen LogP contribution in [0, 0.1) is 5.82 Å². The van der Waals surface area contributed by atoms with E-state index >= 15 is 0 Å². The normalized spacial score (nSPS) is 12.0. The summed E-state index contributed by atoms with van der Waals surface area (Å²) in [6.45, 7) is 3.60. The summed E-state index contributed by atoms with van der Waals surface area (Å²) in [6, 6.07) is 0.475. The van der Waals surface area contributed by atoms with Crippen LogP contribution >= 0.6 is 11.6 Å². The highest BCUT2D eigenvalue weighted by Gasteiger charge is 2.24. The molecule has 0 saturated heterocycles. The van der Waals surface area contributed by atoms with Crippen LogP contribution in [0.2, 0.25) is 5.15 Å². The summed E-state index contributed by atoms with van der Waals surface area (Å²) in [6.07, 6.45) is 0.718. The van der Waals surface area contributed by atoms with E-state index in [0.29, 0.717) is 6.54 Å². The van der Waals surface area contributed by atoms with Gasteiger partial charge in [-0.3, -0.25) is 9.59 Å². The van der Waals surface area contributed by atoms with Gasteiger partial charge in [-0.1, -0.05) is 11.6 Å². The van der Waals surface area contributed by atoms with Crippen LogP contribution in [0.5, 0.6) is 0 Å². The van der Waals surface area contributed by atoms with Crippen molar-refractivity contribution in [1.29, 1.82) is 0 Å². The second-order valence-corrected chi connectivity index (χ2v) is 4.39. The van der Waals surface area contributed by atoms with Crippen molar-refractivity contribution in [3.8, 4) is 0 Å². The van der Waals surface area contributed by atoms with E-state index in [4.69, 9.17) is 16.7 Å². The highest BCUT2D eigenvalue weighted by molar-refractivity contribution is 6.32. The monoisotopic (exact) mass is 288 g/mol. The number of nitrogens with zero attached hydrogens (tertiary/aromatic N) is 2. The SMILES string of the molecule is CCN(C(=O)c1cc(F)cnc1Cl)C(C)CC(=O)O. The zero-order chi connectivity index (χ0) is 14.6. The first-order chi connectivity index (χ1) is 8.86. The summed E-state index contributed by atoms with van der Waals surface area (Å²) in [5.41, 5.74) is -0.0687. The predicted octanol–water partition coefficient (Wildman–Crippen LogP) is 2.20. The van der Waals surface area contributed by atoms with E-state index in [2.05, 4.69) is 4.98 Å². The minimum absolute atomic E-state index is 0.0687. The summed E-state index contributed by atoms with van der Waals surface area (Å²) in [4.78, 5) is 27.8. The Kier molecular flexibility index (Phi) is 5.23. The van der Waals surface area contributed by atoms with Gasteiger partial charge in [0.2, 0.25) is 0 Å². The van der Waals surface area contributed by atoms with E-state index in [1.165, 1.54) is 4.90 Å². The lowest BCUT2D eigenvalue weighted by Gasteiger charge is -2.27. The maximum absolute atomic E-state index is 13.1. The molecule has 1 rings (SSSR count). The van der Waals surface area contributed by atoms with Gasteiger partial charge < -0.3 is 10.0 Å². The second-order valence-electron chi connectivity index (χ2n) is 4.03. The molecule has 0 saturated carbocycles. The first kappa shape index (κ1) is 15.4. The van der Waals surface area contributed by atoms with Crippen molar-refractivity contribution < 1.29 is 19.1 Å². The van der Waals surface area contributed by atoms with Gasteiger partial charge in [0.05, 0.1) is 18.2 Å². The number of carboxylic acids is 1. The topological polar surface area (TPSA) is 70.5 Å². The van der Waals surface area contributed by atoms with Gasteiger partial charge in [0.25, 0.3) is 5.91 Å². The van der Waals surface area contributed by atoms with Crippen LogP contribution in [0.4, 0.5) is 4.39 Å². The van der Waals surface area contributed by atoms with Crippen LogP contribution in [-0.2, 0) is 4.79 Å². The molecular weight excluding hydrogens is 275 g/mol. The molecule has 0 aliphatic rings. The Bertz CT molecular complexity index is 496. The fourth-order valence-electron chi connectivity index (χ4n) is 1.75. The summed E-state index contributed by atoms with van der Waals surface area (Å²) in [5.74, 6) is -2.22. The molecular formula is C12H14ClFN2O3. The fourth-order valence-corrected chi connectivity index (χ4v) is 1.93. The molecule has 0 aliphatic heterocycles. The highest BCUT2D eigenvalue weighted by atomic mass is 35.5. The summed E-state index contributed by atoms with van der Waals surface area (Å²) < 4.78 is 13.1. The van der Waals surface area contributed by atoms with Gasteiger partial charge in [0.1, 0.15) is 11.0 Å². The third-order valence-electron chi connectivity index (χ3n) is 2.64. The molecule has 1 heterocycles. The van der Waals surface area contributed by atoms with E-state index in [1.54, 1.807) is 13.8 Å². The molecule has 7 heteroatoms. The zero-order valence-corrected chi connectivity index (χ0v) is 11.3. The van der Waals surface area contributed by atoms with Gasteiger partial charge in [0.15, 0.2) is 0 Å². The van der Waals surface area contributed by atoms with Gasteiger partial charge in [-0.15, -0.1) is 0 Å². The number of aliphatic carboxylic acids is 1. The summed E-state index contributed by atoms with van der Waals surface area (Å²) in [7, 11) is 0. The molecule has 1 aromatic heterocycles. The quantitative estimate of drug-likeness (QED) is 0.843. The van der Waals surface area contributed by atoms with Crippen molar-refractivity contribution in [3.63, 3.8) is 0 Å². The second kappa shape index (κ2) is 6.47. The Labute approximate surface area is 115 Å². The van der Waals surface area contributed by atoms with Gasteiger partial charge >= 0.3 is 5.97 Å². The lowest BCUT2D eigenvalue weighted by molar-refractivity contribution is -0.138. The molecule has 1 unspecified atom stereocenters. The predicted molar refractivity (Wildman–Crippen MR) is 67.6 cm³/mol. The zero-order valence-electron chi connectivity index (χ0n) is 10.6. The average molecular weight is 289 g/mol. The molecule has 0 fully saturated rings. The van der Waals surface area contributed by atoms with Crippen LogP contribution < -0.4 is 0 Å². The van der Waals surface area contributed by atoms with E-state index in [-0.39, 0.29) is 17.1 Å². The molecule has 0 aliphatic carbocycles. The van der Waals surface area contributed by atoms with E-state index in [9.17, 15) is 14.0 Å². The summed E-state index contributed by atoms with van der Waals surface area (Å²) in [5, 5.41) is 8.64. The maximum Gasteiger partial charge on any atom is 0.305 e. The first-order valence-electron chi connectivity index (χ1n) is 5.70. The van der Waals surface area contributed by atoms with E-state index in [1.807, 2.05) is 0 Å². The number of hydrogen-bond donors (Lipinski definition) is 1. The number of amides is 1. The standard InChI is InChI=1S/C12H14ClFN2O3/c1-3-16(7(2)4-10(17)18)12(19)9-5-8(14)6-15-11(9)13/h5-7H,3-4H2,1-2H3,(H,17,18). The number of carboxylic acid groups (broad SMARTS) is 1. The van der Waals surface area contributed by atoms with Gasteiger partial charge in [-0.05, 0) is 19.9 Å². The van der Waals surface area contributed by atoms with Crippen LogP contribution in [0.15, 0.2) is 12.3 Å². The number of rotatable bonds is 5. The Hall–Kier alpha value is -1.69. The van der Waals surface area contributed by atoms with E-state index < -0.39 is 23.7 Å². The fraction of sp³-hybridized carbons (Fsp3) is 0.417. The molecule has 1 amide bonds. The van der Waals surface area contributed by atoms with Crippen LogP contribution in [-0.4, -0.2) is 39.5 Å². The molecule has 19 heavy (non-hydrogen) atoms. The Morgan fingerprint density at radius 3 is 2.74 bits per heavy atom. The first-order valence-corrected chi connectivity index (χ1v) is 6.08. The minimum atomic E-state index is -1.01. The van der Waals surface area contributed by atoms with Crippen LogP contribution in [0.25, 0.3) is 0 Å². The molecule has 0 bridgehead atoms. The Morgan fingerprint density at radius 1 is 1.58 bits per heavy atom. The number of pyridine rings is 1. The number of carbonyl (C=O) groups excluding carboxylic acids is 1. The van der Waals surface area contributed by atoms with Crippen molar-refractivity contribution in [1.82, 2.24) is 9.88 Å².